The van der Waals surface area contributed by atoms with E-state index in [2.05, 4.69) is 34.7 Å². The molecule has 2 rings (SSSR count). The molecule has 1 aromatic heterocycles. The number of aromatic nitrogens is 1. The number of methoxy groups -OCH3 is 1. The smallest absolute Gasteiger partial charge is 0.254 e. The molecule has 0 aliphatic carbocycles. The average Bonchev–Trinajstić information content (AvgIpc) is 2.84. The normalized spacial score (nSPS) is 9.83. The molecule has 0 saturated heterocycles. The van der Waals surface area contributed by atoms with Crippen molar-refractivity contribution in [1.82, 2.24) is 10.5 Å². The van der Waals surface area contributed by atoms with Crippen molar-refractivity contribution in [2.75, 3.05) is 13.7 Å². The highest BCUT2D eigenvalue weighted by Gasteiger charge is 2.02. The Hall–Kier alpha value is -1.52. The van der Waals surface area contributed by atoms with Crippen LogP contribution < -0.4 is 10.1 Å². The van der Waals surface area contributed by atoms with Gasteiger partial charge in [0.1, 0.15) is 0 Å². The lowest BCUT2D eigenvalue weighted by atomic mass is 10.1. The van der Waals surface area contributed by atoms with E-state index < -0.39 is 0 Å². The molecule has 0 bridgehead atoms. The van der Waals surface area contributed by atoms with Crippen molar-refractivity contribution in [3.63, 3.8) is 0 Å². The molecule has 98 valence electrons. The lowest BCUT2D eigenvalue weighted by molar-refractivity contribution is 0.323. The van der Waals surface area contributed by atoms with E-state index in [0.717, 1.165) is 18.7 Å². The number of rotatable bonds is 6. The molecule has 4 nitrogen and oxygen atoms in total. The molecule has 0 amide bonds. The van der Waals surface area contributed by atoms with Gasteiger partial charge in [-0.3, -0.25) is 0 Å². The second kappa shape index (κ2) is 7.74. The molecule has 1 aromatic carbocycles. The van der Waals surface area contributed by atoms with Crippen LogP contribution in [0.3, 0.4) is 0 Å². The molecular formula is C13H17ClN2O2. The number of nitrogens with one attached hydrogen (secondary N) is 1. The molecule has 0 aliphatic rings. The van der Waals surface area contributed by atoms with E-state index >= 15 is 0 Å². The van der Waals surface area contributed by atoms with E-state index in [9.17, 15) is 0 Å². The molecule has 0 saturated carbocycles. The van der Waals surface area contributed by atoms with Gasteiger partial charge in [0.25, 0.3) is 5.88 Å². The van der Waals surface area contributed by atoms with Crippen LogP contribution in [0, 0.1) is 0 Å². The number of benzene rings is 1. The predicted molar refractivity (Wildman–Crippen MR) is 72.2 cm³/mol. The summed E-state index contributed by atoms with van der Waals surface area (Å²) in [6.45, 7) is 1.58. The van der Waals surface area contributed by atoms with Crippen molar-refractivity contribution in [2.45, 2.75) is 13.0 Å². The summed E-state index contributed by atoms with van der Waals surface area (Å²) in [7, 11) is 1.57. The zero-order chi connectivity index (χ0) is 11.9. The van der Waals surface area contributed by atoms with Gasteiger partial charge in [-0.1, -0.05) is 30.3 Å². The van der Waals surface area contributed by atoms with E-state index in [1.165, 1.54) is 5.56 Å². The predicted octanol–water partition coefficient (Wildman–Crippen LogP) is 2.44. The molecule has 5 heteroatoms. The Labute approximate surface area is 113 Å². The Balaban J connectivity index is 0.00000162. The summed E-state index contributed by atoms with van der Waals surface area (Å²) in [5.41, 5.74) is 1.33. The summed E-state index contributed by atoms with van der Waals surface area (Å²) in [5, 5.41) is 7.03. The first kappa shape index (κ1) is 14.5. The van der Waals surface area contributed by atoms with Gasteiger partial charge in [-0.2, -0.15) is 0 Å². The van der Waals surface area contributed by atoms with Gasteiger partial charge in [-0.25, -0.2) is 0 Å². The largest absolute Gasteiger partial charge is 0.479 e. The molecule has 0 radical (unpaired) electrons. The highest BCUT2D eigenvalue weighted by Crippen LogP contribution is 2.09. The Morgan fingerprint density at radius 1 is 1.28 bits per heavy atom. The van der Waals surface area contributed by atoms with E-state index in [-0.39, 0.29) is 12.4 Å². The van der Waals surface area contributed by atoms with Crippen molar-refractivity contribution in [2.24, 2.45) is 0 Å². The highest BCUT2D eigenvalue weighted by molar-refractivity contribution is 5.85. The van der Waals surface area contributed by atoms with Crippen LogP contribution >= 0.6 is 12.4 Å². The first-order valence-corrected chi connectivity index (χ1v) is 5.62. The molecule has 0 atom stereocenters. The molecule has 0 fully saturated rings. The van der Waals surface area contributed by atoms with Crippen molar-refractivity contribution >= 4 is 12.4 Å². The number of ether oxygens (including phenoxy) is 1. The van der Waals surface area contributed by atoms with Gasteiger partial charge in [0, 0.05) is 6.07 Å². The number of nitrogens with zero attached hydrogens (tertiary/aromatic N) is 1. The highest BCUT2D eigenvalue weighted by atomic mass is 35.5. The second-order valence-corrected chi connectivity index (χ2v) is 3.75. The quantitative estimate of drug-likeness (QED) is 0.818. The Bertz CT molecular complexity index is 445. The van der Waals surface area contributed by atoms with E-state index in [1.807, 2.05) is 6.07 Å². The molecule has 0 unspecified atom stereocenters. The number of hydrogen-bond donors (Lipinski definition) is 1. The fourth-order valence-corrected chi connectivity index (χ4v) is 1.56. The summed E-state index contributed by atoms with van der Waals surface area (Å²) in [5.74, 6) is 1.31. The maximum absolute atomic E-state index is 5.07. The monoisotopic (exact) mass is 268 g/mol. The van der Waals surface area contributed by atoms with Crippen LogP contribution in [0.25, 0.3) is 0 Å². The minimum absolute atomic E-state index is 0. The van der Waals surface area contributed by atoms with Gasteiger partial charge in [0.2, 0.25) is 0 Å². The summed E-state index contributed by atoms with van der Waals surface area (Å²) < 4.78 is 10.0. The second-order valence-electron chi connectivity index (χ2n) is 3.75. The third-order valence-corrected chi connectivity index (χ3v) is 2.48. The third-order valence-electron chi connectivity index (χ3n) is 2.48. The van der Waals surface area contributed by atoms with Crippen molar-refractivity contribution in [3.05, 3.63) is 47.7 Å². The van der Waals surface area contributed by atoms with Crippen LogP contribution in [0.4, 0.5) is 0 Å². The van der Waals surface area contributed by atoms with Crippen molar-refractivity contribution in [1.29, 1.82) is 0 Å². The Kier molecular flexibility index (Phi) is 6.25. The molecule has 1 heterocycles. The topological polar surface area (TPSA) is 47.3 Å². The van der Waals surface area contributed by atoms with E-state index in [1.54, 1.807) is 13.2 Å². The summed E-state index contributed by atoms with van der Waals surface area (Å²) in [6.07, 6.45) is 1.01. The zero-order valence-corrected chi connectivity index (χ0v) is 11.1. The Morgan fingerprint density at radius 2 is 2.06 bits per heavy atom. The van der Waals surface area contributed by atoms with Crippen LogP contribution in [0.1, 0.15) is 11.3 Å². The van der Waals surface area contributed by atoms with Crippen LogP contribution in [0.15, 0.2) is 40.9 Å². The molecule has 2 aromatic rings. The maximum atomic E-state index is 5.07. The van der Waals surface area contributed by atoms with Gasteiger partial charge in [0.05, 0.1) is 13.7 Å². The van der Waals surface area contributed by atoms with Crippen LogP contribution in [-0.2, 0) is 13.0 Å². The number of hydrogen-bond acceptors (Lipinski definition) is 4. The fraction of sp³-hybridized carbons (Fsp3) is 0.308. The molecule has 0 aliphatic heterocycles. The molecule has 18 heavy (non-hydrogen) atoms. The minimum Gasteiger partial charge on any atom is -0.479 e. The first-order valence-electron chi connectivity index (χ1n) is 5.62. The van der Waals surface area contributed by atoms with E-state index in [4.69, 9.17) is 9.26 Å². The van der Waals surface area contributed by atoms with Gasteiger partial charge in [-0.15, -0.1) is 12.4 Å². The van der Waals surface area contributed by atoms with Crippen LogP contribution in [0.5, 0.6) is 5.88 Å². The maximum Gasteiger partial charge on any atom is 0.254 e. The van der Waals surface area contributed by atoms with Gasteiger partial charge in [-0.05, 0) is 23.7 Å². The minimum atomic E-state index is 0. The van der Waals surface area contributed by atoms with Crippen molar-refractivity contribution in [3.8, 4) is 5.88 Å². The molecule has 0 spiro atoms. The van der Waals surface area contributed by atoms with E-state index in [0.29, 0.717) is 12.4 Å². The van der Waals surface area contributed by atoms with Crippen LogP contribution in [-0.4, -0.2) is 18.8 Å². The van der Waals surface area contributed by atoms with Crippen molar-refractivity contribution < 1.29 is 9.26 Å². The molecule has 1 N–H and O–H groups in total. The number of halogens is 1. The summed E-state index contributed by atoms with van der Waals surface area (Å²) >= 11 is 0. The lowest BCUT2D eigenvalue weighted by Gasteiger charge is -2.02. The standard InChI is InChI=1S/C13H16N2O2.ClH/c1-16-13-9-12(17-15-13)10-14-8-7-11-5-3-2-4-6-11;/h2-6,9,14H,7-8,10H2,1H3;1H. The summed E-state index contributed by atoms with van der Waals surface area (Å²) in [6, 6.07) is 12.2. The average molecular weight is 269 g/mol. The van der Waals surface area contributed by atoms with Gasteiger partial charge in [0.15, 0.2) is 5.76 Å². The SMILES string of the molecule is COc1cc(CNCCc2ccccc2)on1.Cl. The van der Waals surface area contributed by atoms with Gasteiger partial charge >= 0.3 is 0 Å². The molecular weight excluding hydrogens is 252 g/mol. The third kappa shape index (κ3) is 4.39. The van der Waals surface area contributed by atoms with Gasteiger partial charge < -0.3 is 14.6 Å². The zero-order valence-electron chi connectivity index (χ0n) is 10.3. The fourth-order valence-electron chi connectivity index (χ4n) is 1.56. The lowest BCUT2D eigenvalue weighted by Crippen LogP contribution is -2.16. The van der Waals surface area contributed by atoms with Crippen LogP contribution in [0.2, 0.25) is 0 Å². The Morgan fingerprint density at radius 3 is 2.72 bits per heavy atom. The summed E-state index contributed by atoms with van der Waals surface area (Å²) in [4.78, 5) is 0. The first-order chi connectivity index (χ1) is 8.38.